The van der Waals surface area contributed by atoms with Crippen molar-refractivity contribution in [3.8, 4) is 0 Å². The van der Waals surface area contributed by atoms with Gasteiger partial charge in [-0.1, -0.05) is 0 Å². The van der Waals surface area contributed by atoms with Gasteiger partial charge in [0.1, 0.15) is 6.04 Å². The van der Waals surface area contributed by atoms with Crippen molar-refractivity contribution in [2.45, 2.75) is 6.04 Å². The van der Waals surface area contributed by atoms with Gasteiger partial charge in [-0.3, -0.25) is 4.79 Å². The van der Waals surface area contributed by atoms with Crippen molar-refractivity contribution in [2.75, 3.05) is 25.1 Å². The van der Waals surface area contributed by atoms with Gasteiger partial charge in [-0.2, -0.15) is 0 Å². The van der Waals surface area contributed by atoms with Gasteiger partial charge in [0.05, 0.1) is 13.2 Å². The normalized spacial score (nSPS) is 19.2. The van der Waals surface area contributed by atoms with E-state index in [9.17, 15) is 4.79 Å². The van der Waals surface area contributed by atoms with Crippen LogP contribution in [0.5, 0.6) is 0 Å². The number of benzene rings is 1. The van der Waals surface area contributed by atoms with E-state index in [4.69, 9.17) is 4.74 Å². The molecule has 1 amide bonds. The molecule has 1 atom stereocenters. The lowest BCUT2D eigenvalue weighted by atomic mass is 10.2. The Bertz CT molecular complexity index is 366. The summed E-state index contributed by atoms with van der Waals surface area (Å²) < 4.78 is 6.38. The van der Waals surface area contributed by atoms with Crippen molar-refractivity contribution in [1.29, 1.82) is 0 Å². The van der Waals surface area contributed by atoms with Gasteiger partial charge in [-0.25, -0.2) is 0 Å². The average molecular weight is 369 g/mol. The highest BCUT2D eigenvalue weighted by atomic mass is 127. The summed E-state index contributed by atoms with van der Waals surface area (Å²) >= 11 is 2.23. The summed E-state index contributed by atoms with van der Waals surface area (Å²) in [5.74, 6) is -0.0408. The summed E-state index contributed by atoms with van der Waals surface area (Å²) in [6.07, 6.45) is 0. The van der Waals surface area contributed by atoms with Crippen LogP contribution in [0.25, 0.3) is 0 Å². The van der Waals surface area contributed by atoms with Crippen LogP contribution in [-0.2, 0) is 9.53 Å². The highest BCUT2D eigenvalue weighted by Gasteiger charge is 2.20. The topological polar surface area (TPSA) is 50.4 Å². The predicted molar refractivity (Wildman–Crippen MR) is 77.6 cm³/mol. The van der Waals surface area contributed by atoms with E-state index in [0.717, 1.165) is 15.8 Å². The maximum atomic E-state index is 11.8. The van der Waals surface area contributed by atoms with Crippen molar-refractivity contribution in [3.63, 3.8) is 0 Å². The molecule has 94 valence electrons. The summed E-state index contributed by atoms with van der Waals surface area (Å²) in [5.41, 5.74) is 0.817. The van der Waals surface area contributed by atoms with E-state index >= 15 is 0 Å². The maximum Gasteiger partial charge on any atom is 0.243 e. The number of halogens is 2. The predicted octanol–water partition coefficient (Wildman–Crippen LogP) is 1.64. The second kappa shape index (κ2) is 7.15. The van der Waals surface area contributed by atoms with Crippen molar-refractivity contribution in [3.05, 3.63) is 27.8 Å². The lowest BCUT2D eigenvalue weighted by Crippen LogP contribution is -2.48. The Kier molecular flexibility index (Phi) is 6.18. The molecule has 1 aromatic carbocycles. The van der Waals surface area contributed by atoms with Gasteiger partial charge in [-0.05, 0) is 46.9 Å². The zero-order valence-corrected chi connectivity index (χ0v) is 12.1. The Labute approximate surface area is 120 Å². The third-order valence-corrected chi connectivity index (χ3v) is 3.07. The fourth-order valence-electron chi connectivity index (χ4n) is 1.50. The number of carbonyl (C=O) groups excluding carboxylic acids is 1. The number of hydrogen-bond donors (Lipinski definition) is 2. The molecule has 1 aliphatic rings. The van der Waals surface area contributed by atoms with Crippen LogP contribution in [0.3, 0.4) is 0 Å². The summed E-state index contributed by atoms with van der Waals surface area (Å²) in [5, 5.41) is 5.97. The molecule has 1 aromatic rings. The molecule has 1 fully saturated rings. The lowest BCUT2D eigenvalue weighted by Gasteiger charge is -2.22. The molecule has 17 heavy (non-hydrogen) atoms. The van der Waals surface area contributed by atoms with Crippen LogP contribution < -0.4 is 10.6 Å². The Morgan fingerprint density at radius 2 is 2.12 bits per heavy atom. The van der Waals surface area contributed by atoms with Gasteiger partial charge in [0, 0.05) is 15.8 Å². The Balaban J connectivity index is 0.00000144. The van der Waals surface area contributed by atoms with Crippen molar-refractivity contribution in [1.82, 2.24) is 5.32 Å². The lowest BCUT2D eigenvalue weighted by molar-refractivity contribution is -0.120. The minimum Gasteiger partial charge on any atom is -0.378 e. The zero-order chi connectivity index (χ0) is 11.4. The third kappa shape index (κ3) is 4.42. The van der Waals surface area contributed by atoms with E-state index in [1.807, 2.05) is 24.3 Å². The summed E-state index contributed by atoms with van der Waals surface area (Å²) in [6.45, 7) is 1.84. The van der Waals surface area contributed by atoms with Crippen LogP contribution in [0.2, 0.25) is 0 Å². The first kappa shape index (κ1) is 14.7. The van der Waals surface area contributed by atoms with Gasteiger partial charge in [0.2, 0.25) is 5.91 Å². The quantitative estimate of drug-likeness (QED) is 0.781. The molecule has 0 spiro atoms. The number of rotatable bonds is 2. The molecular weight excluding hydrogens is 354 g/mol. The third-order valence-electron chi connectivity index (χ3n) is 2.35. The highest BCUT2D eigenvalue weighted by molar-refractivity contribution is 14.1. The monoisotopic (exact) mass is 368 g/mol. The largest absolute Gasteiger partial charge is 0.378 e. The Morgan fingerprint density at radius 1 is 1.41 bits per heavy atom. The number of amides is 1. The minimum atomic E-state index is -0.243. The molecule has 1 saturated heterocycles. The van der Waals surface area contributed by atoms with Crippen molar-refractivity contribution in [2.24, 2.45) is 0 Å². The molecule has 6 heteroatoms. The molecule has 2 N–H and O–H groups in total. The van der Waals surface area contributed by atoms with E-state index in [1.165, 1.54) is 0 Å². The second-order valence-electron chi connectivity index (χ2n) is 3.58. The van der Waals surface area contributed by atoms with Crippen molar-refractivity contribution < 1.29 is 9.53 Å². The van der Waals surface area contributed by atoms with Crippen LogP contribution in [0.4, 0.5) is 5.69 Å². The standard InChI is InChI=1S/C11H13IN2O2.ClH/c12-8-1-3-9(4-2-8)14-11(15)10-7-16-6-5-13-10;/h1-4,10,13H,5-7H2,(H,14,15);1H. The molecule has 0 aliphatic carbocycles. The van der Waals surface area contributed by atoms with Crippen molar-refractivity contribution >= 4 is 46.6 Å². The molecule has 0 bridgehead atoms. The highest BCUT2D eigenvalue weighted by Crippen LogP contribution is 2.11. The fraction of sp³-hybridized carbons (Fsp3) is 0.364. The number of hydrogen-bond acceptors (Lipinski definition) is 3. The Morgan fingerprint density at radius 3 is 2.71 bits per heavy atom. The SMILES string of the molecule is Cl.O=C(Nc1ccc(I)cc1)C1COCCN1. The molecule has 1 unspecified atom stereocenters. The van der Waals surface area contributed by atoms with Gasteiger partial charge >= 0.3 is 0 Å². The molecule has 0 saturated carbocycles. The maximum absolute atomic E-state index is 11.8. The first-order chi connectivity index (χ1) is 7.75. The summed E-state index contributed by atoms with van der Waals surface area (Å²) in [7, 11) is 0. The van der Waals surface area contributed by atoms with E-state index in [0.29, 0.717) is 13.2 Å². The number of nitrogens with one attached hydrogen (secondary N) is 2. The van der Waals surface area contributed by atoms with Crippen LogP contribution in [0.15, 0.2) is 24.3 Å². The first-order valence-electron chi connectivity index (χ1n) is 5.13. The molecule has 1 aliphatic heterocycles. The molecular formula is C11H14ClIN2O2. The fourth-order valence-corrected chi connectivity index (χ4v) is 1.86. The molecule has 2 rings (SSSR count). The first-order valence-corrected chi connectivity index (χ1v) is 6.21. The molecule has 0 aromatic heterocycles. The van der Waals surface area contributed by atoms with Crippen LogP contribution in [0, 0.1) is 3.57 Å². The number of anilines is 1. The summed E-state index contributed by atoms with van der Waals surface area (Å²) in [6, 6.07) is 7.46. The van der Waals surface area contributed by atoms with Gasteiger partial charge in [0.15, 0.2) is 0 Å². The number of morpholine rings is 1. The number of carbonyl (C=O) groups is 1. The van der Waals surface area contributed by atoms with Crippen LogP contribution in [0.1, 0.15) is 0 Å². The van der Waals surface area contributed by atoms with Gasteiger partial charge in [-0.15, -0.1) is 12.4 Å². The van der Waals surface area contributed by atoms with E-state index < -0.39 is 0 Å². The number of ether oxygens (including phenoxy) is 1. The van der Waals surface area contributed by atoms with Crippen LogP contribution >= 0.6 is 35.0 Å². The summed E-state index contributed by atoms with van der Waals surface area (Å²) in [4.78, 5) is 11.8. The van der Waals surface area contributed by atoms with E-state index in [2.05, 4.69) is 33.2 Å². The average Bonchev–Trinajstić information content (AvgIpc) is 2.33. The molecule has 4 nitrogen and oxygen atoms in total. The van der Waals surface area contributed by atoms with Crippen LogP contribution in [-0.4, -0.2) is 31.7 Å². The van der Waals surface area contributed by atoms with Gasteiger partial charge < -0.3 is 15.4 Å². The van der Waals surface area contributed by atoms with E-state index in [-0.39, 0.29) is 24.4 Å². The Hall–Kier alpha value is -0.370. The zero-order valence-electron chi connectivity index (χ0n) is 9.11. The van der Waals surface area contributed by atoms with E-state index in [1.54, 1.807) is 0 Å². The van der Waals surface area contributed by atoms with Gasteiger partial charge in [0.25, 0.3) is 0 Å². The minimum absolute atomic E-state index is 0. The smallest absolute Gasteiger partial charge is 0.243 e. The second-order valence-corrected chi connectivity index (χ2v) is 4.82. The molecule has 0 radical (unpaired) electrons. The molecule has 1 heterocycles.